The summed E-state index contributed by atoms with van der Waals surface area (Å²) >= 11 is 0. The Morgan fingerprint density at radius 3 is 2.17 bits per heavy atom. The molecule has 0 saturated heterocycles. The zero-order valence-electron chi connectivity index (χ0n) is 39.4. The van der Waals surface area contributed by atoms with Crippen molar-refractivity contribution in [3.05, 3.63) is 140 Å². The minimum atomic E-state index is -1.72. The standard InChI is InChI=1S/C53H63N3O2/c1-31-21-38(56-44-19-18-36(49(4,5)6)28-43(44)52(13,14)42-17-16-20-54-47(42)56)29-39(22-31)57-40-25-35(24-37(27-40)50(7,8)9)48-55-45-26-34-23-32(2)46(51(10,11)12)33(3)41(34)30-53(45,15)58-48/h16-25,27-29,45H,26,30H2,1-15H3/t45-,53-/m0/s1/i26D2. The summed E-state index contributed by atoms with van der Waals surface area (Å²) < 4.78 is 32.9. The topological polar surface area (TPSA) is 47.0 Å². The Balaban J connectivity index is 1.19. The van der Waals surface area contributed by atoms with Gasteiger partial charge in [0.05, 0.1) is 17.4 Å². The van der Waals surface area contributed by atoms with Crippen LogP contribution in [-0.4, -0.2) is 22.5 Å². The Hall–Kier alpha value is -4.90. The van der Waals surface area contributed by atoms with Gasteiger partial charge in [-0.3, -0.25) is 4.90 Å². The predicted molar refractivity (Wildman–Crippen MR) is 242 cm³/mol. The lowest BCUT2D eigenvalue weighted by atomic mass is 9.71. The fourth-order valence-corrected chi connectivity index (χ4v) is 9.59. The second-order valence-electron chi connectivity index (χ2n) is 21.0. The molecule has 1 aliphatic carbocycles. The number of pyridine rings is 1. The van der Waals surface area contributed by atoms with Crippen molar-refractivity contribution in [3.8, 4) is 11.5 Å². The first-order valence-corrected chi connectivity index (χ1v) is 21.0. The summed E-state index contributed by atoms with van der Waals surface area (Å²) in [5.74, 6) is 2.75. The summed E-state index contributed by atoms with van der Waals surface area (Å²) in [4.78, 5) is 12.4. The third-order valence-corrected chi connectivity index (χ3v) is 12.6. The van der Waals surface area contributed by atoms with Crippen LogP contribution in [0, 0.1) is 20.8 Å². The highest BCUT2D eigenvalue weighted by atomic mass is 16.5. The van der Waals surface area contributed by atoms with Crippen LogP contribution >= 0.6 is 0 Å². The Morgan fingerprint density at radius 2 is 1.48 bits per heavy atom. The molecule has 8 rings (SSSR count). The molecular formula is C53H63N3O2. The van der Waals surface area contributed by atoms with E-state index < -0.39 is 18.0 Å². The van der Waals surface area contributed by atoms with Gasteiger partial charge in [-0.1, -0.05) is 100 Å². The van der Waals surface area contributed by atoms with Gasteiger partial charge in [-0.05, 0) is 143 Å². The maximum atomic E-state index is 9.59. The van der Waals surface area contributed by atoms with Gasteiger partial charge in [0.25, 0.3) is 0 Å². The molecule has 5 aromatic rings. The van der Waals surface area contributed by atoms with Crippen LogP contribution in [0.25, 0.3) is 0 Å². The number of hydrogen-bond donors (Lipinski definition) is 0. The number of aliphatic imine (C=N–C) groups is 1. The highest BCUT2D eigenvalue weighted by molar-refractivity contribution is 5.96. The van der Waals surface area contributed by atoms with Gasteiger partial charge in [0.15, 0.2) is 0 Å². The van der Waals surface area contributed by atoms with Crippen LogP contribution in [0.2, 0.25) is 0 Å². The van der Waals surface area contributed by atoms with Crippen molar-refractivity contribution in [2.45, 2.75) is 150 Å². The molecule has 3 aliphatic rings. The van der Waals surface area contributed by atoms with Crippen molar-refractivity contribution in [2.24, 2.45) is 4.99 Å². The Kier molecular flexibility index (Phi) is 8.58. The summed E-state index contributed by atoms with van der Waals surface area (Å²) in [6.45, 7) is 33.1. The molecule has 4 aromatic carbocycles. The summed E-state index contributed by atoms with van der Waals surface area (Å²) in [5.41, 5.74) is 12.7. The molecule has 0 saturated carbocycles. The molecule has 5 nitrogen and oxygen atoms in total. The molecule has 302 valence electrons. The minimum Gasteiger partial charge on any atom is -0.468 e. The number of fused-ring (bicyclic) bond motifs is 4. The molecule has 0 N–H and O–H groups in total. The summed E-state index contributed by atoms with van der Waals surface area (Å²) in [6, 6.07) is 25.1. The number of benzene rings is 4. The van der Waals surface area contributed by atoms with Gasteiger partial charge in [0.2, 0.25) is 5.90 Å². The number of ether oxygens (including phenoxy) is 2. The number of hydrogen-bond acceptors (Lipinski definition) is 5. The van der Waals surface area contributed by atoms with E-state index in [1.807, 2.05) is 25.3 Å². The van der Waals surface area contributed by atoms with E-state index in [9.17, 15) is 2.74 Å². The molecule has 3 heterocycles. The van der Waals surface area contributed by atoms with Crippen LogP contribution in [-0.2, 0) is 39.2 Å². The zero-order valence-corrected chi connectivity index (χ0v) is 37.4. The zero-order chi connectivity index (χ0) is 43.7. The number of aryl methyl sites for hydroxylation is 2. The van der Waals surface area contributed by atoms with Gasteiger partial charge in [-0.15, -0.1) is 0 Å². The summed E-state index contributed by atoms with van der Waals surface area (Å²) in [7, 11) is 0. The second-order valence-corrected chi connectivity index (χ2v) is 21.0. The van der Waals surface area contributed by atoms with E-state index in [0.717, 1.165) is 56.1 Å². The molecule has 5 heteroatoms. The van der Waals surface area contributed by atoms with Crippen LogP contribution in [0.3, 0.4) is 0 Å². The smallest absolute Gasteiger partial charge is 0.217 e. The van der Waals surface area contributed by atoms with Crippen LogP contribution in [0.1, 0.15) is 147 Å². The van der Waals surface area contributed by atoms with E-state index in [4.69, 9.17) is 19.5 Å². The molecule has 0 radical (unpaired) electrons. The molecular weight excluding hydrogens is 711 g/mol. The van der Waals surface area contributed by atoms with Crippen molar-refractivity contribution in [1.29, 1.82) is 0 Å². The lowest BCUT2D eigenvalue weighted by Crippen LogP contribution is -2.44. The average molecular weight is 776 g/mol. The second kappa shape index (κ2) is 13.3. The Morgan fingerprint density at radius 1 is 0.776 bits per heavy atom. The average Bonchev–Trinajstić information content (AvgIpc) is 3.49. The van der Waals surface area contributed by atoms with Gasteiger partial charge in [0, 0.05) is 38.0 Å². The summed E-state index contributed by atoms with van der Waals surface area (Å²) in [5, 5.41) is 0. The normalized spacial score (nSPS) is 21.1. The Bertz CT molecular complexity index is 2600. The highest BCUT2D eigenvalue weighted by Gasteiger charge is 2.47. The first-order chi connectivity index (χ1) is 27.7. The largest absolute Gasteiger partial charge is 0.468 e. The molecule has 0 fully saturated rings. The fraction of sp³-hybridized carbons (Fsp3) is 0.434. The molecule has 0 amide bonds. The molecule has 2 aliphatic heterocycles. The van der Waals surface area contributed by atoms with Crippen LogP contribution in [0.4, 0.5) is 17.2 Å². The third-order valence-electron chi connectivity index (χ3n) is 12.6. The minimum absolute atomic E-state index is 0.00558. The van der Waals surface area contributed by atoms with Gasteiger partial charge >= 0.3 is 0 Å². The highest BCUT2D eigenvalue weighted by Crippen LogP contribution is 2.52. The van der Waals surface area contributed by atoms with E-state index in [-0.39, 0.29) is 21.7 Å². The lowest BCUT2D eigenvalue weighted by Gasteiger charge is -2.41. The number of rotatable bonds is 4. The van der Waals surface area contributed by atoms with E-state index in [0.29, 0.717) is 23.8 Å². The molecule has 0 unspecified atom stereocenters. The molecule has 1 aromatic heterocycles. The fourth-order valence-electron chi connectivity index (χ4n) is 9.59. The molecule has 2 atom stereocenters. The van der Waals surface area contributed by atoms with Crippen LogP contribution in [0.5, 0.6) is 11.5 Å². The predicted octanol–water partition coefficient (Wildman–Crippen LogP) is 13.5. The van der Waals surface area contributed by atoms with Gasteiger partial charge in [-0.2, -0.15) is 0 Å². The van der Waals surface area contributed by atoms with Gasteiger partial charge in [0.1, 0.15) is 22.9 Å². The van der Waals surface area contributed by atoms with E-state index in [1.54, 1.807) is 0 Å². The van der Waals surface area contributed by atoms with Crippen molar-refractivity contribution >= 4 is 23.1 Å². The monoisotopic (exact) mass is 776 g/mol. The third kappa shape index (κ3) is 6.82. The first-order valence-electron chi connectivity index (χ1n) is 22.0. The quantitative estimate of drug-likeness (QED) is 0.182. The van der Waals surface area contributed by atoms with E-state index >= 15 is 0 Å². The molecule has 58 heavy (non-hydrogen) atoms. The summed E-state index contributed by atoms with van der Waals surface area (Å²) in [6.07, 6.45) is 0.734. The van der Waals surface area contributed by atoms with Crippen LogP contribution < -0.4 is 9.64 Å². The van der Waals surface area contributed by atoms with Crippen molar-refractivity contribution < 1.29 is 12.2 Å². The Labute approximate surface area is 350 Å². The van der Waals surface area contributed by atoms with E-state index in [2.05, 4.69) is 162 Å². The SMILES string of the molecule is [2H]C1([2H])c2cc(C)c(C(C)(C)C)c(C)c2C[C@]2(C)OC(c3cc(Oc4cc(C)cc(N5c6ccc(C(C)(C)C)cc6C(C)(C)c6cccnc65)c4)cc(C(C)(C)C)c3)=N[C@@H]12. The molecule has 0 spiro atoms. The lowest BCUT2D eigenvalue weighted by molar-refractivity contribution is 0.0700. The van der Waals surface area contributed by atoms with Crippen molar-refractivity contribution in [3.63, 3.8) is 0 Å². The van der Waals surface area contributed by atoms with E-state index in [1.165, 1.54) is 22.3 Å². The maximum Gasteiger partial charge on any atom is 0.217 e. The van der Waals surface area contributed by atoms with Gasteiger partial charge < -0.3 is 9.47 Å². The number of aromatic nitrogens is 1. The van der Waals surface area contributed by atoms with Crippen LogP contribution in [0.15, 0.2) is 84.0 Å². The van der Waals surface area contributed by atoms with Gasteiger partial charge in [-0.25, -0.2) is 9.98 Å². The maximum absolute atomic E-state index is 9.59. The first kappa shape index (κ1) is 37.4. The van der Waals surface area contributed by atoms with Crippen molar-refractivity contribution in [2.75, 3.05) is 4.90 Å². The number of nitrogens with zero attached hydrogens (tertiary/aromatic N) is 3. The number of anilines is 3. The van der Waals surface area contributed by atoms with Crippen molar-refractivity contribution in [1.82, 2.24) is 4.98 Å². The molecule has 0 bridgehead atoms.